The molecule has 0 radical (unpaired) electrons. The molecular weight excluding hydrogens is 718 g/mol. The van der Waals surface area contributed by atoms with Crippen LogP contribution in [0.15, 0.2) is 99.0 Å². The monoisotopic (exact) mass is 752 g/mol. The molecule has 0 aliphatic heterocycles. The van der Waals surface area contributed by atoms with Crippen LogP contribution in [0, 0.1) is 35.8 Å². The highest BCUT2D eigenvalue weighted by Gasteiger charge is 2.09. The van der Waals surface area contributed by atoms with E-state index in [1.807, 2.05) is 12.1 Å². The van der Waals surface area contributed by atoms with Gasteiger partial charge in [-0.05, 0) is 72.8 Å². The quantitative estimate of drug-likeness (QED) is 0.184. The summed E-state index contributed by atoms with van der Waals surface area (Å²) in [5, 5.41) is 1.18. The molecule has 260 valence electrons. The molecule has 0 saturated heterocycles. The summed E-state index contributed by atoms with van der Waals surface area (Å²) >= 11 is 3.38. The molecule has 0 atom stereocenters. The summed E-state index contributed by atoms with van der Waals surface area (Å²) in [6.45, 7) is 1.05. The minimum absolute atomic E-state index is 0.0198. The first kappa shape index (κ1) is 38.3. The predicted octanol–water partition coefficient (Wildman–Crippen LogP) is 6.35. The third-order valence-electron chi connectivity index (χ3n) is 7.53. The van der Waals surface area contributed by atoms with E-state index in [9.17, 15) is 18.4 Å². The number of rotatable bonds is 6. The van der Waals surface area contributed by atoms with Gasteiger partial charge in [-0.15, -0.1) is 6.42 Å². The van der Waals surface area contributed by atoms with E-state index >= 15 is 0 Å². The molecule has 0 bridgehead atoms. The highest BCUT2D eigenvalue weighted by Crippen LogP contribution is 2.16. The normalized spacial score (nSPS) is 10.3. The number of nitrogens with zero attached hydrogens (tertiary/aromatic N) is 4. The molecular formula is C40H35BrF2N4O4. The second kappa shape index (κ2) is 18.5. The predicted molar refractivity (Wildman–Crippen MR) is 200 cm³/mol. The van der Waals surface area contributed by atoms with Crippen LogP contribution in [0.1, 0.15) is 28.3 Å². The molecule has 2 aromatic heterocycles. The van der Waals surface area contributed by atoms with Gasteiger partial charge in [0.1, 0.15) is 23.3 Å². The molecule has 4 aromatic carbocycles. The summed E-state index contributed by atoms with van der Waals surface area (Å²) in [4.78, 5) is 33.6. The van der Waals surface area contributed by atoms with Crippen molar-refractivity contribution < 1.29 is 18.3 Å². The first-order valence-corrected chi connectivity index (χ1v) is 16.5. The third-order valence-corrected chi connectivity index (χ3v) is 8.02. The number of aromatic nitrogens is 4. The Bertz CT molecular complexity index is 2390. The van der Waals surface area contributed by atoms with Crippen molar-refractivity contribution in [1.29, 1.82) is 0 Å². The van der Waals surface area contributed by atoms with Crippen LogP contribution in [0.5, 0.6) is 0 Å². The van der Waals surface area contributed by atoms with Gasteiger partial charge >= 0.3 is 0 Å². The van der Waals surface area contributed by atoms with Crippen LogP contribution in [0.3, 0.4) is 0 Å². The number of benzene rings is 4. The van der Waals surface area contributed by atoms with E-state index in [-0.39, 0.29) is 22.8 Å². The fourth-order valence-electron chi connectivity index (χ4n) is 4.81. The molecule has 6 aromatic rings. The van der Waals surface area contributed by atoms with Crippen LogP contribution in [0.25, 0.3) is 21.8 Å². The van der Waals surface area contributed by atoms with E-state index in [0.29, 0.717) is 64.8 Å². The van der Waals surface area contributed by atoms with E-state index in [4.69, 9.17) is 15.9 Å². The molecule has 6 rings (SSSR count). The van der Waals surface area contributed by atoms with Crippen LogP contribution < -0.4 is 11.1 Å². The smallest absolute Gasteiger partial charge is 0.261 e. The van der Waals surface area contributed by atoms with Gasteiger partial charge in [0, 0.05) is 62.3 Å². The van der Waals surface area contributed by atoms with Gasteiger partial charge in [-0.2, -0.15) is 0 Å². The molecule has 0 amide bonds. The molecule has 2 heterocycles. The van der Waals surface area contributed by atoms with Gasteiger partial charge in [0.25, 0.3) is 11.1 Å². The summed E-state index contributed by atoms with van der Waals surface area (Å²) in [6.07, 6.45) is 6.18. The lowest BCUT2D eigenvalue weighted by Gasteiger charge is -2.08. The molecule has 51 heavy (non-hydrogen) atoms. The minimum Gasteiger partial charge on any atom is -0.384 e. The highest BCUT2D eigenvalue weighted by atomic mass is 79.9. The van der Waals surface area contributed by atoms with Crippen molar-refractivity contribution >= 4 is 37.7 Å². The van der Waals surface area contributed by atoms with Crippen molar-refractivity contribution in [1.82, 2.24) is 19.1 Å². The van der Waals surface area contributed by atoms with Crippen molar-refractivity contribution in [2.24, 2.45) is 14.1 Å². The Morgan fingerprint density at radius 1 is 0.686 bits per heavy atom. The Hall–Kier alpha value is -5.46. The van der Waals surface area contributed by atoms with Crippen LogP contribution in [0.4, 0.5) is 8.78 Å². The molecule has 0 unspecified atom stereocenters. The van der Waals surface area contributed by atoms with Gasteiger partial charge in [-0.1, -0.05) is 45.8 Å². The minimum atomic E-state index is -0.321. The number of hydrogen-bond acceptors (Lipinski definition) is 6. The fourth-order valence-corrected chi connectivity index (χ4v) is 5.16. The van der Waals surface area contributed by atoms with E-state index < -0.39 is 0 Å². The summed E-state index contributed by atoms with van der Waals surface area (Å²) < 4.78 is 39.6. The second-order valence-corrected chi connectivity index (χ2v) is 12.0. The van der Waals surface area contributed by atoms with Crippen LogP contribution >= 0.6 is 15.9 Å². The number of ether oxygens (including phenoxy) is 2. The van der Waals surface area contributed by atoms with E-state index in [1.165, 1.54) is 24.3 Å². The Morgan fingerprint density at radius 3 is 1.65 bits per heavy atom. The largest absolute Gasteiger partial charge is 0.384 e. The number of methoxy groups -OCH3 is 2. The maximum atomic E-state index is 13.2. The Labute approximate surface area is 302 Å². The SMILES string of the molecule is C#Cc1cccc(F)c1.COCCc1nc2cc(Br)ccc2c(=O)n1C.COCCc1nc2cc(C#Cc3cccc(F)c3)ccc2c(=O)n1C. The van der Waals surface area contributed by atoms with Gasteiger partial charge in [-0.3, -0.25) is 18.7 Å². The molecule has 0 fully saturated rings. The first-order chi connectivity index (χ1) is 24.5. The van der Waals surface area contributed by atoms with Crippen molar-refractivity contribution in [2.75, 3.05) is 27.4 Å². The average molecular weight is 754 g/mol. The van der Waals surface area contributed by atoms with Gasteiger partial charge < -0.3 is 9.47 Å². The first-order valence-electron chi connectivity index (χ1n) is 15.7. The van der Waals surface area contributed by atoms with E-state index in [1.54, 1.807) is 86.0 Å². The van der Waals surface area contributed by atoms with Gasteiger partial charge in [0.2, 0.25) is 0 Å². The fraction of sp³-hybridized carbons (Fsp3) is 0.200. The molecule has 0 spiro atoms. The average Bonchev–Trinajstić information content (AvgIpc) is 3.13. The Kier molecular flexibility index (Phi) is 13.9. The molecule has 0 saturated carbocycles. The van der Waals surface area contributed by atoms with Gasteiger partial charge in [-0.25, -0.2) is 18.7 Å². The Morgan fingerprint density at radius 2 is 1.16 bits per heavy atom. The van der Waals surface area contributed by atoms with Gasteiger partial charge in [0.15, 0.2) is 0 Å². The summed E-state index contributed by atoms with van der Waals surface area (Å²) in [5.74, 6) is 9.03. The van der Waals surface area contributed by atoms with Crippen LogP contribution in [-0.2, 0) is 36.4 Å². The van der Waals surface area contributed by atoms with E-state index in [2.05, 4.69) is 43.7 Å². The van der Waals surface area contributed by atoms with Crippen LogP contribution in [0.2, 0.25) is 0 Å². The number of terminal acetylenes is 1. The molecule has 11 heteroatoms. The zero-order valence-electron chi connectivity index (χ0n) is 28.5. The summed E-state index contributed by atoms with van der Waals surface area (Å²) in [7, 11) is 6.69. The lowest BCUT2D eigenvalue weighted by Crippen LogP contribution is -2.23. The lowest BCUT2D eigenvalue weighted by molar-refractivity contribution is 0.199. The zero-order chi connectivity index (χ0) is 36.9. The number of halogens is 3. The maximum Gasteiger partial charge on any atom is 0.261 e. The molecule has 0 aliphatic rings. The number of fused-ring (bicyclic) bond motifs is 2. The molecule has 0 N–H and O–H groups in total. The summed E-state index contributed by atoms with van der Waals surface area (Å²) in [5.41, 5.74) is 3.09. The van der Waals surface area contributed by atoms with Crippen molar-refractivity contribution in [3.05, 3.63) is 150 Å². The topological polar surface area (TPSA) is 88.2 Å². The standard InChI is InChI=1S/C20H17FN2O2.C12H13BrN2O2.C8H5F/c1-23-19(10-11-25-2)22-18-13-15(8-9-17(18)20(23)24)7-6-14-4-3-5-16(21)12-14;1-15-11(5-6-17-2)14-10-7-8(13)3-4-9(10)12(15)16;1-2-7-4-3-5-8(9)6-7/h3-5,8-9,12-13H,10-11H2,1-2H3;3-4,7H,5-6H2,1-2H3;1,3-6H. The van der Waals surface area contributed by atoms with Crippen LogP contribution in [-0.4, -0.2) is 46.5 Å². The molecule has 8 nitrogen and oxygen atoms in total. The lowest BCUT2D eigenvalue weighted by atomic mass is 10.1. The maximum absolute atomic E-state index is 13.2. The van der Waals surface area contributed by atoms with Crippen molar-refractivity contribution in [3.63, 3.8) is 0 Å². The third kappa shape index (κ3) is 10.5. The Balaban J connectivity index is 0.000000192. The van der Waals surface area contributed by atoms with Gasteiger partial charge in [0.05, 0.1) is 35.0 Å². The second-order valence-electron chi connectivity index (χ2n) is 11.1. The highest BCUT2D eigenvalue weighted by molar-refractivity contribution is 9.10. The number of hydrogen-bond donors (Lipinski definition) is 0. The molecule has 0 aliphatic carbocycles. The van der Waals surface area contributed by atoms with Crippen molar-refractivity contribution in [3.8, 4) is 24.2 Å². The van der Waals surface area contributed by atoms with Crippen molar-refractivity contribution in [2.45, 2.75) is 12.8 Å². The zero-order valence-corrected chi connectivity index (χ0v) is 30.1. The van der Waals surface area contributed by atoms with E-state index in [0.717, 1.165) is 15.9 Å². The summed E-state index contributed by atoms with van der Waals surface area (Å²) in [6, 6.07) is 22.8.